The summed E-state index contributed by atoms with van der Waals surface area (Å²) in [6.45, 7) is 0.0212. The summed E-state index contributed by atoms with van der Waals surface area (Å²) in [6, 6.07) is 8.89. The van der Waals surface area contributed by atoms with Crippen LogP contribution in [0.25, 0.3) is 11.3 Å². The Bertz CT molecular complexity index is 683. The van der Waals surface area contributed by atoms with Crippen LogP contribution in [-0.2, 0) is 6.54 Å². The fourth-order valence-corrected chi connectivity index (χ4v) is 2.46. The number of benzene rings is 1. The van der Waals surface area contributed by atoms with E-state index in [1.807, 2.05) is 12.1 Å². The van der Waals surface area contributed by atoms with E-state index in [1.54, 1.807) is 18.2 Å². The molecule has 0 bridgehead atoms. The summed E-state index contributed by atoms with van der Waals surface area (Å²) in [7, 11) is 0. The molecule has 1 aliphatic carbocycles. The van der Waals surface area contributed by atoms with E-state index in [0.717, 1.165) is 10.0 Å². The molecule has 18 heavy (non-hydrogen) atoms. The molecule has 0 spiro atoms. The monoisotopic (exact) mass is 302 g/mol. The van der Waals surface area contributed by atoms with Gasteiger partial charge in [-0.2, -0.15) is 4.91 Å². The first kappa shape index (κ1) is 11.2. The number of nitroso groups, excluding NO2 is 1. The number of halogens is 1. The van der Waals surface area contributed by atoms with Gasteiger partial charge in [0.1, 0.15) is 6.54 Å². The van der Waals surface area contributed by atoms with Crippen molar-refractivity contribution in [2.45, 2.75) is 6.54 Å². The molecule has 0 unspecified atom stereocenters. The van der Waals surface area contributed by atoms with Gasteiger partial charge in [0.05, 0.1) is 11.4 Å². The van der Waals surface area contributed by atoms with E-state index in [0.29, 0.717) is 22.5 Å². The lowest BCUT2D eigenvalue weighted by atomic mass is 10.1. The van der Waals surface area contributed by atoms with Crippen molar-refractivity contribution < 1.29 is 4.79 Å². The number of carbonyl (C=O) groups is 1. The van der Waals surface area contributed by atoms with E-state index >= 15 is 0 Å². The maximum Gasteiger partial charge on any atom is 0.195 e. The normalized spacial score (nSPS) is 12.2. The lowest BCUT2D eigenvalue weighted by molar-refractivity contribution is 0.104. The Hall–Kier alpha value is -1.88. The van der Waals surface area contributed by atoms with Gasteiger partial charge < -0.3 is 0 Å². The first-order valence-corrected chi connectivity index (χ1v) is 6.13. The predicted molar refractivity (Wildman–Crippen MR) is 70.3 cm³/mol. The summed E-state index contributed by atoms with van der Waals surface area (Å²) in [5.74, 6) is -0.0283. The molecule has 0 aliphatic heterocycles. The minimum absolute atomic E-state index is 0.0212. The second kappa shape index (κ2) is 4.10. The summed E-state index contributed by atoms with van der Waals surface area (Å²) in [5.41, 5.74) is 3.25. The van der Waals surface area contributed by atoms with Crippen LogP contribution in [-0.4, -0.2) is 10.8 Å². The van der Waals surface area contributed by atoms with E-state index in [1.165, 1.54) is 0 Å². The molecule has 3 rings (SSSR count). The lowest BCUT2D eigenvalue weighted by Gasteiger charge is -2.00. The zero-order valence-corrected chi connectivity index (χ0v) is 10.8. The minimum atomic E-state index is -0.0283. The molecule has 4 nitrogen and oxygen atoms in total. The smallest absolute Gasteiger partial charge is 0.195 e. The van der Waals surface area contributed by atoms with Gasteiger partial charge in [-0.15, -0.1) is 0 Å². The Labute approximate surface area is 111 Å². The van der Waals surface area contributed by atoms with Crippen LogP contribution >= 0.6 is 15.9 Å². The quantitative estimate of drug-likeness (QED) is 0.682. The van der Waals surface area contributed by atoms with Gasteiger partial charge in [-0.3, -0.25) is 4.79 Å². The predicted octanol–water partition coefficient (Wildman–Crippen LogP) is 3.32. The van der Waals surface area contributed by atoms with Crippen molar-refractivity contribution in [3.8, 4) is 11.3 Å². The van der Waals surface area contributed by atoms with Crippen molar-refractivity contribution >= 4 is 21.7 Å². The maximum absolute atomic E-state index is 12.2. The molecule has 88 valence electrons. The van der Waals surface area contributed by atoms with Crippen molar-refractivity contribution in [2.75, 3.05) is 0 Å². The van der Waals surface area contributed by atoms with Gasteiger partial charge in [0, 0.05) is 21.2 Å². The van der Waals surface area contributed by atoms with Gasteiger partial charge in [0.15, 0.2) is 5.78 Å². The first-order valence-electron chi connectivity index (χ1n) is 5.34. The average Bonchev–Trinajstić information content (AvgIpc) is 2.63. The zero-order valence-electron chi connectivity index (χ0n) is 9.18. The highest BCUT2D eigenvalue weighted by Crippen LogP contribution is 2.36. The fraction of sp³-hybridized carbons (Fsp3) is 0.0769. The number of pyridine rings is 1. The zero-order chi connectivity index (χ0) is 12.7. The molecule has 0 atom stereocenters. The molecule has 0 fully saturated rings. The van der Waals surface area contributed by atoms with Crippen LogP contribution in [0.2, 0.25) is 0 Å². The summed E-state index contributed by atoms with van der Waals surface area (Å²) >= 11 is 3.35. The van der Waals surface area contributed by atoms with Crippen molar-refractivity contribution in [1.82, 2.24) is 4.98 Å². The lowest BCUT2D eigenvalue weighted by Crippen LogP contribution is -1.96. The maximum atomic E-state index is 12.2. The van der Waals surface area contributed by atoms with Crippen molar-refractivity contribution in [1.29, 1.82) is 0 Å². The highest BCUT2D eigenvalue weighted by atomic mass is 79.9. The van der Waals surface area contributed by atoms with Crippen molar-refractivity contribution in [2.24, 2.45) is 5.18 Å². The highest BCUT2D eigenvalue weighted by Gasteiger charge is 2.28. The molecule has 1 aromatic carbocycles. The van der Waals surface area contributed by atoms with Crippen molar-refractivity contribution in [3.63, 3.8) is 0 Å². The Morgan fingerprint density at radius 1 is 1.11 bits per heavy atom. The topological polar surface area (TPSA) is 59.4 Å². The highest BCUT2D eigenvalue weighted by molar-refractivity contribution is 9.10. The Morgan fingerprint density at radius 2 is 1.89 bits per heavy atom. The van der Waals surface area contributed by atoms with E-state index in [-0.39, 0.29) is 12.3 Å². The molecular weight excluding hydrogens is 296 g/mol. The molecule has 2 aromatic rings. The third kappa shape index (κ3) is 1.59. The van der Waals surface area contributed by atoms with Crippen LogP contribution in [0.3, 0.4) is 0 Å². The number of hydrogen-bond donors (Lipinski definition) is 0. The van der Waals surface area contributed by atoms with Crippen LogP contribution < -0.4 is 0 Å². The van der Waals surface area contributed by atoms with Crippen LogP contribution in [0.15, 0.2) is 40.0 Å². The van der Waals surface area contributed by atoms with Gasteiger partial charge in [-0.25, -0.2) is 4.98 Å². The molecule has 0 radical (unpaired) electrons. The molecule has 0 N–H and O–H groups in total. The standard InChI is InChI=1S/C13H7BrN2O2/c14-7-1-3-9-11(5-7)13(17)10-4-2-8(6-15-18)16-12(9)10/h1-5H,6H2. The average molecular weight is 303 g/mol. The van der Waals surface area contributed by atoms with E-state index < -0.39 is 0 Å². The Kier molecular flexibility index (Phi) is 2.56. The number of rotatable bonds is 2. The van der Waals surface area contributed by atoms with Gasteiger partial charge in [0.2, 0.25) is 0 Å². The Balaban J connectivity index is 2.22. The number of aromatic nitrogens is 1. The van der Waals surface area contributed by atoms with E-state index in [2.05, 4.69) is 26.1 Å². The van der Waals surface area contributed by atoms with Gasteiger partial charge >= 0.3 is 0 Å². The Morgan fingerprint density at radius 3 is 2.67 bits per heavy atom. The fourth-order valence-electron chi connectivity index (χ4n) is 2.10. The third-order valence-electron chi connectivity index (χ3n) is 2.91. The number of hydrogen-bond acceptors (Lipinski definition) is 4. The van der Waals surface area contributed by atoms with Gasteiger partial charge in [-0.05, 0) is 24.3 Å². The molecule has 0 saturated heterocycles. The SMILES string of the molecule is O=NCc1ccc2c(n1)-c1ccc(Br)cc1C2=O. The largest absolute Gasteiger partial charge is 0.289 e. The number of fused-ring (bicyclic) bond motifs is 3. The van der Waals surface area contributed by atoms with Crippen LogP contribution in [0.5, 0.6) is 0 Å². The number of carbonyl (C=O) groups excluding carboxylic acids is 1. The summed E-state index contributed by atoms with van der Waals surface area (Å²) in [4.78, 5) is 26.8. The molecule has 1 aromatic heterocycles. The second-order valence-corrected chi connectivity index (χ2v) is 4.92. The van der Waals surface area contributed by atoms with E-state index in [4.69, 9.17) is 0 Å². The van der Waals surface area contributed by atoms with Crippen molar-refractivity contribution in [3.05, 3.63) is 56.5 Å². The van der Waals surface area contributed by atoms with Gasteiger partial charge in [-0.1, -0.05) is 27.2 Å². The minimum Gasteiger partial charge on any atom is -0.289 e. The first-order chi connectivity index (χ1) is 8.70. The summed E-state index contributed by atoms with van der Waals surface area (Å²) in [6.07, 6.45) is 0. The summed E-state index contributed by atoms with van der Waals surface area (Å²) < 4.78 is 0.859. The molecule has 0 amide bonds. The molecule has 5 heteroatoms. The second-order valence-electron chi connectivity index (χ2n) is 4.00. The van der Waals surface area contributed by atoms with E-state index in [9.17, 15) is 9.70 Å². The summed E-state index contributed by atoms with van der Waals surface area (Å²) in [5, 5.41) is 2.82. The number of nitrogens with zero attached hydrogens (tertiary/aromatic N) is 2. The third-order valence-corrected chi connectivity index (χ3v) is 3.40. The molecule has 1 aliphatic rings. The van der Waals surface area contributed by atoms with Crippen LogP contribution in [0.4, 0.5) is 0 Å². The van der Waals surface area contributed by atoms with Gasteiger partial charge in [0.25, 0.3) is 0 Å². The molecular formula is C13H7BrN2O2. The molecule has 1 heterocycles. The van der Waals surface area contributed by atoms with Crippen LogP contribution in [0.1, 0.15) is 21.6 Å². The number of ketones is 1. The molecule has 0 saturated carbocycles. The van der Waals surface area contributed by atoms with Crippen LogP contribution in [0, 0.1) is 4.91 Å².